The Kier molecular flexibility index (Phi) is 5.19. The number of hydrogen-bond acceptors (Lipinski definition) is 6. The number of nitrogens with zero attached hydrogens (tertiary/aromatic N) is 4. The van der Waals surface area contributed by atoms with Crippen LogP contribution in [-0.4, -0.2) is 47.7 Å². The fourth-order valence-electron chi connectivity index (χ4n) is 7.82. The normalized spacial score (nSPS) is 35.5. The number of anilines is 2. The highest BCUT2D eigenvalue weighted by atomic mass is 32.1. The molecule has 0 aromatic carbocycles. The van der Waals surface area contributed by atoms with E-state index >= 15 is 0 Å². The van der Waals surface area contributed by atoms with Gasteiger partial charge < -0.3 is 10.2 Å². The van der Waals surface area contributed by atoms with E-state index < -0.39 is 0 Å². The lowest BCUT2D eigenvalue weighted by atomic mass is 9.48. The van der Waals surface area contributed by atoms with E-state index in [1.54, 1.807) is 4.90 Å². The van der Waals surface area contributed by atoms with Gasteiger partial charge in [0.15, 0.2) is 0 Å². The van der Waals surface area contributed by atoms with Crippen LogP contribution in [-0.2, 0) is 9.59 Å². The van der Waals surface area contributed by atoms with Gasteiger partial charge in [-0.1, -0.05) is 11.3 Å². The van der Waals surface area contributed by atoms with Gasteiger partial charge >= 0.3 is 0 Å². The summed E-state index contributed by atoms with van der Waals surface area (Å²) in [6.45, 7) is 4.68. The molecule has 2 aliphatic heterocycles. The third kappa shape index (κ3) is 3.62. The molecule has 4 saturated carbocycles. The highest BCUT2D eigenvalue weighted by Gasteiger charge is 2.53. The molecule has 174 valence electrons. The molecule has 32 heavy (non-hydrogen) atoms. The summed E-state index contributed by atoms with van der Waals surface area (Å²) >= 11 is 1.50. The Balaban J connectivity index is 1.04. The average molecular weight is 458 g/mol. The number of hydrogen-bond donors (Lipinski definition) is 1. The molecular weight excluding hydrogens is 422 g/mol. The van der Waals surface area contributed by atoms with Crippen molar-refractivity contribution >= 4 is 33.4 Å². The van der Waals surface area contributed by atoms with E-state index in [2.05, 4.69) is 27.3 Å². The third-order valence-electron chi connectivity index (χ3n) is 9.21. The van der Waals surface area contributed by atoms with E-state index in [1.807, 2.05) is 0 Å². The largest absolute Gasteiger partial charge is 0.353 e. The first-order valence-corrected chi connectivity index (χ1v) is 13.5. The first-order valence-electron chi connectivity index (χ1n) is 12.7. The molecule has 6 aliphatic rings. The molecule has 0 spiro atoms. The number of piperidine rings is 1. The van der Waals surface area contributed by atoms with Crippen LogP contribution < -0.4 is 15.1 Å². The number of nitrogens with one attached hydrogen (secondary N) is 1. The second-order valence-corrected chi connectivity index (χ2v) is 12.2. The Morgan fingerprint density at radius 2 is 1.66 bits per heavy atom. The van der Waals surface area contributed by atoms with Crippen LogP contribution in [0.25, 0.3) is 0 Å². The van der Waals surface area contributed by atoms with Gasteiger partial charge in [0, 0.05) is 38.0 Å². The van der Waals surface area contributed by atoms with Crippen LogP contribution >= 0.6 is 11.3 Å². The van der Waals surface area contributed by atoms with Crippen molar-refractivity contribution in [1.29, 1.82) is 0 Å². The molecule has 1 N–H and O–H groups in total. The second-order valence-electron chi connectivity index (χ2n) is 11.3. The Morgan fingerprint density at radius 3 is 2.25 bits per heavy atom. The second kappa shape index (κ2) is 7.96. The molecule has 1 atom stereocenters. The lowest BCUT2D eigenvalue weighted by Gasteiger charge is -2.59. The Morgan fingerprint density at radius 1 is 1.03 bits per heavy atom. The molecule has 4 bridgehead atoms. The molecule has 6 fully saturated rings. The maximum atomic E-state index is 13.2. The zero-order valence-electron chi connectivity index (χ0n) is 19.1. The molecule has 4 aliphatic carbocycles. The van der Waals surface area contributed by atoms with E-state index in [1.165, 1.54) is 49.9 Å². The smallest absolute Gasteiger partial charge is 0.228 e. The van der Waals surface area contributed by atoms with Crippen LogP contribution in [0.2, 0.25) is 0 Å². The van der Waals surface area contributed by atoms with E-state index in [4.69, 9.17) is 0 Å². The third-order valence-corrected chi connectivity index (χ3v) is 10.2. The van der Waals surface area contributed by atoms with Gasteiger partial charge in [0.05, 0.1) is 0 Å². The van der Waals surface area contributed by atoms with Crippen molar-refractivity contribution in [2.24, 2.45) is 29.1 Å². The van der Waals surface area contributed by atoms with Crippen LogP contribution in [0.3, 0.4) is 0 Å². The molecule has 1 aromatic heterocycles. The van der Waals surface area contributed by atoms with Crippen molar-refractivity contribution in [2.45, 2.75) is 77.2 Å². The molecule has 2 saturated heterocycles. The summed E-state index contributed by atoms with van der Waals surface area (Å²) in [5, 5.41) is 13.7. The molecule has 2 amide bonds. The van der Waals surface area contributed by atoms with E-state index in [0.717, 1.165) is 61.8 Å². The van der Waals surface area contributed by atoms with Crippen molar-refractivity contribution < 1.29 is 9.59 Å². The highest BCUT2D eigenvalue weighted by Crippen LogP contribution is 2.61. The molecule has 3 heterocycles. The monoisotopic (exact) mass is 457 g/mol. The van der Waals surface area contributed by atoms with Gasteiger partial charge in [-0.15, -0.1) is 10.2 Å². The van der Waals surface area contributed by atoms with Gasteiger partial charge in [0.25, 0.3) is 0 Å². The van der Waals surface area contributed by atoms with Crippen molar-refractivity contribution in [3.05, 3.63) is 0 Å². The lowest BCUT2D eigenvalue weighted by Crippen LogP contribution is -2.56. The van der Waals surface area contributed by atoms with E-state index in [0.29, 0.717) is 23.0 Å². The summed E-state index contributed by atoms with van der Waals surface area (Å²) in [6.07, 6.45) is 11.5. The molecular formula is C24H35N5O2S. The van der Waals surface area contributed by atoms with Gasteiger partial charge in [0.2, 0.25) is 22.1 Å². The Bertz CT molecular complexity index is 857. The molecule has 1 unspecified atom stereocenters. The topological polar surface area (TPSA) is 78.4 Å². The fourth-order valence-corrected chi connectivity index (χ4v) is 8.76. The highest BCUT2D eigenvalue weighted by molar-refractivity contribution is 7.19. The predicted octanol–water partition coefficient (Wildman–Crippen LogP) is 3.60. The fraction of sp³-hybridized carbons (Fsp3) is 0.833. The maximum absolute atomic E-state index is 13.2. The zero-order chi connectivity index (χ0) is 21.9. The van der Waals surface area contributed by atoms with Gasteiger partial charge in [0.1, 0.15) is 0 Å². The molecule has 8 heteroatoms. The first kappa shape index (κ1) is 20.9. The van der Waals surface area contributed by atoms with Gasteiger partial charge in [-0.05, 0) is 87.9 Å². The van der Waals surface area contributed by atoms with Crippen LogP contribution in [0.4, 0.5) is 10.3 Å². The lowest BCUT2D eigenvalue weighted by molar-refractivity contribution is -0.130. The summed E-state index contributed by atoms with van der Waals surface area (Å²) < 4.78 is 0. The van der Waals surface area contributed by atoms with Gasteiger partial charge in [-0.2, -0.15) is 0 Å². The number of amides is 2. The Hall–Kier alpha value is -1.70. The quantitative estimate of drug-likeness (QED) is 0.731. The van der Waals surface area contributed by atoms with E-state index in [9.17, 15) is 9.59 Å². The number of rotatable bonds is 5. The van der Waals surface area contributed by atoms with Crippen molar-refractivity contribution in [3.8, 4) is 0 Å². The van der Waals surface area contributed by atoms with Crippen molar-refractivity contribution in [3.63, 3.8) is 0 Å². The molecule has 7 rings (SSSR count). The average Bonchev–Trinajstić information content (AvgIpc) is 3.42. The molecule has 7 nitrogen and oxygen atoms in total. The summed E-state index contributed by atoms with van der Waals surface area (Å²) in [5.74, 6) is 3.24. The number of carbonyl (C=O) groups excluding carboxylic acids is 2. The summed E-state index contributed by atoms with van der Waals surface area (Å²) in [4.78, 5) is 29.1. The zero-order valence-corrected chi connectivity index (χ0v) is 19.9. The predicted molar refractivity (Wildman–Crippen MR) is 125 cm³/mol. The van der Waals surface area contributed by atoms with Crippen LogP contribution in [0.1, 0.15) is 71.1 Å². The van der Waals surface area contributed by atoms with Gasteiger partial charge in [-0.25, -0.2) is 0 Å². The Labute approximate surface area is 194 Å². The summed E-state index contributed by atoms with van der Waals surface area (Å²) in [5.41, 5.74) is 0.362. The van der Waals surface area contributed by atoms with Crippen molar-refractivity contribution in [2.75, 3.05) is 29.4 Å². The van der Waals surface area contributed by atoms with Gasteiger partial charge in [-0.3, -0.25) is 14.5 Å². The number of aromatic nitrogens is 2. The SMILES string of the molecule is CC(NC(=O)C1CCN(c2nnc(N3CCCC3=O)s2)CC1)C12CC3CC(CC(C3)C1)C2. The minimum absolute atomic E-state index is 0.0927. The summed E-state index contributed by atoms with van der Waals surface area (Å²) in [6, 6.07) is 0.296. The standard InChI is InChI=1S/C24H35N5O2S/c1-15(24-12-16-9-17(13-24)11-18(10-16)14-24)25-21(31)19-4-7-28(8-5-19)22-26-27-23(32-22)29-6-2-3-20(29)30/h15-19H,2-14H2,1H3,(H,25,31). The minimum atomic E-state index is 0.0927. The molecule has 1 aromatic rings. The van der Waals surface area contributed by atoms with E-state index in [-0.39, 0.29) is 17.7 Å². The van der Waals surface area contributed by atoms with Crippen LogP contribution in [0.5, 0.6) is 0 Å². The van der Waals surface area contributed by atoms with Crippen molar-refractivity contribution in [1.82, 2.24) is 15.5 Å². The number of carbonyl (C=O) groups is 2. The minimum Gasteiger partial charge on any atom is -0.353 e. The summed E-state index contributed by atoms with van der Waals surface area (Å²) in [7, 11) is 0. The first-order chi connectivity index (χ1) is 15.5. The van der Waals surface area contributed by atoms with Crippen LogP contribution in [0, 0.1) is 29.1 Å². The van der Waals surface area contributed by atoms with Crippen LogP contribution in [0.15, 0.2) is 0 Å². The molecule has 0 radical (unpaired) electrons. The maximum Gasteiger partial charge on any atom is 0.228 e.